The molecule has 2 aliphatic rings. The zero-order valence-electron chi connectivity index (χ0n) is 15.1. The molecule has 2 aliphatic heterocycles. The molecule has 1 unspecified atom stereocenters. The van der Waals surface area contributed by atoms with Crippen LogP contribution in [-0.2, 0) is 6.42 Å². The highest BCUT2D eigenvalue weighted by atomic mass is 35.5. The first kappa shape index (κ1) is 18.9. The molecule has 0 aromatic carbocycles. The molecule has 0 saturated carbocycles. The van der Waals surface area contributed by atoms with E-state index in [4.69, 9.17) is 17.3 Å². The highest BCUT2D eigenvalue weighted by molar-refractivity contribution is 7.17. The van der Waals surface area contributed by atoms with Crippen molar-refractivity contribution < 1.29 is 9.59 Å². The van der Waals surface area contributed by atoms with Crippen LogP contribution in [0.3, 0.4) is 0 Å². The number of urea groups is 1. The highest BCUT2D eigenvalue weighted by Crippen LogP contribution is 2.49. The minimum absolute atomic E-state index is 0.208. The van der Waals surface area contributed by atoms with Crippen molar-refractivity contribution in [2.45, 2.75) is 45.2 Å². The smallest absolute Gasteiger partial charge is 0.324 e. The zero-order chi connectivity index (χ0) is 19.0. The number of anilines is 1. The van der Waals surface area contributed by atoms with Gasteiger partial charge in [0.2, 0.25) is 0 Å². The van der Waals surface area contributed by atoms with Crippen molar-refractivity contribution in [2.24, 2.45) is 5.73 Å². The van der Waals surface area contributed by atoms with Gasteiger partial charge in [0, 0.05) is 27.7 Å². The minimum atomic E-state index is -0.496. The van der Waals surface area contributed by atoms with Gasteiger partial charge in [-0.15, -0.1) is 11.3 Å². The number of nitrogens with two attached hydrogens (primary N) is 1. The predicted molar refractivity (Wildman–Crippen MR) is 106 cm³/mol. The number of likely N-dealkylation sites (N-methyl/N-ethyl adjacent to an activating group) is 1. The SMILES string of the molecule is C/C(Cl)=C\C=C(/C)NC(=O)Nc1sc2c(c1C(N)=O)C1CC[C@@H](C2)N1C. The summed E-state index contributed by atoms with van der Waals surface area (Å²) in [5.41, 5.74) is 7.76. The number of hydrogen-bond donors (Lipinski definition) is 3. The third-order valence-corrected chi connectivity index (χ3v) is 6.23. The van der Waals surface area contributed by atoms with Crippen molar-refractivity contribution in [2.75, 3.05) is 12.4 Å². The summed E-state index contributed by atoms with van der Waals surface area (Å²) in [6.45, 7) is 3.52. The highest BCUT2D eigenvalue weighted by Gasteiger charge is 2.42. The number of allylic oxidation sites excluding steroid dienone is 4. The van der Waals surface area contributed by atoms with Crippen LogP contribution in [0.5, 0.6) is 0 Å². The number of primary amides is 1. The predicted octanol–water partition coefficient (Wildman–Crippen LogP) is 3.71. The Morgan fingerprint density at radius 3 is 2.69 bits per heavy atom. The van der Waals surface area contributed by atoms with E-state index in [0.29, 0.717) is 27.3 Å². The van der Waals surface area contributed by atoms with Crippen LogP contribution < -0.4 is 16.4 Å². The van der Waals surface area contributed by atoms with E-state index in [2.05, 4.69) is 22.6 Å². The topological polar surface area (TPSA) is 87.5 Å². The number of thiophene rings is 1. The summed E-state index contributed by atoms with van der Waals surface area (Å²) in [6.07, 6.45) is 6.45. The van der Waals surface area contributed by atoms with Gasteiger partial charge in [-0.3, -0.25) is 15.0 Å². The number of nitrogens with one attached hydrogen (secondary N) is 2. The van der Waals surface area contributed by atoms with Gasteiger partial charge in [0.15, 0.2) is 0 Å². The van der Waals surface area contributed by atoms with Crippen LogP contribution in [0.15, 0.2) is 22.9 Å². The maximum atomic E-state index is 12.3. The number of rotatable bonds is 4. The maximum absolute atomic E-state index is 12.3. The molecule has 3 heterocycles. The van der Waals surface area contributed by atoms with Crippen LogP contribution in [0.1, 0.15) is 53.5 Å². The molecule has 1 fully saturated rings. The molecule has 8 heteroatoms. The normalized spacial score (nSPS) is 22.9. The molecule has 26 heavy (non-hydrogen) atoms. The van der Waals surface area contributed by atoms with E-state index in [0.717, 1.165) is 29.7 Å². The third-order valence-electron chi connectivity index (χ3n) is 4.96. The number of carbonyl (C=O) groups is 2. The molecular weight excluding hydrogens is 372 g/mol. The fourth-order valence-corrected chi connectivity index (χ4v) is 5.13. The molecule has 1 aromatic heterocycles. The van der Waals surface area contributed by atoms with Crippen LogP contribution in [0.25, 0.3) is 0 Å². The standard InChI is InChI=1S/C18H23ClN4O2S/c1-9(19)4-5-10(2)21-18(25)22-17-15(16(20)24)14-12-7-6-11(23(12)3)8-13(14)26-17/h4-5,11-12H,6-8H2,1-3H3,(H2,20,24)(H2,21,22,25)/b9-4+,10-5+/t11-,12?/m0/s1. The summed E-state index contributed by atoms with van der Waals surface area (Å²) < 4.78 is 0. The summed E-state index contributed by atoms with van der Waals surface area (Å²) in [4.78, 5) is 27.9. The fraction of sp³-hybridized carbons (Fsp3) is 0.444. The molecule has 140 valence electrons. The lowest BCUT2D eigenvalue weighted by atomic mass is 9.97. The van der Waals surface area contributed by atoms with Gasteiger partial charge in [-0.1, -0.05) is 11.6 Å². The van der Waals surface area contributed by atoms with Gasteiger partial charge in [-0.05, 0) is 57.9 Å². The number of fused-ring (bicyclic) bond motifs is 4. The third kappa shape index (κ3) is 3.65. The summed E-state index contributed by atoms with van der Waals surface area (Å²) in [7, 11) is 2.09. The Labute approximate surface area is 162 Å². The van der Waals surface area contributed by atoms with E-state index in [1.54, 1.807) is 26.0 Å². The number of nitrogens with zero attached hydrogens (tertiary/aromatic N) is 1. The van der Waals surface area contributed by atoms with Crippen molar-refractivity contribution in [1.29, 1.82) is 0 Å². The van der Waals surface area contributed by atoms with Gasteiger partial charge >= 0.3 is 6.03 Å². The van der Waals surface area contributed by atoms with E-state index >= 15 is 0 Å². The van der Waals surface area contributed by atoms with Gasteiger partial charge in [0.1, 0.15) is 5.00 Å². The Bertz CT molecular complexity index is 810. The van der Waals surface area contributed by atoms with E-state index in [1.807, 2.05) is 0 Å². The van der Waals surface area contributed by atoms with Gasteiger partial charge in [-0.2, -0.15) is 0 Å². The molecule has 1 saturated heterocycles. The average molecular weight is 395 g/mol. The molecule has 2 atom stereocenters. The maximum Gasteiger partial charge on any atom is 0.324 e. The second kappa shape index (κ2) is 7.42. The quantitative estimate of drug-likeness (QED) is 0.680. The van der Waals surface area contributed by atoms with Crippen molar-refractivity contribution in [3.05, 3.63) is 38.9 Å². The number of carbonyl (C=O) groups excluding carboxylic acids is 2. The zero-order valence-corrected chi connectivity index (χ0v) is 16.6. The van der Waals surface area contributed by atoms with Crippen LogP contribution in [-0.4, -0.2) is 29.9 Å². The molecular formula is C18H23ClN4O2S. The summed E-state index contributed by atoms with van der Waals surface area (Å²) in [5, 5.41) is 6.67. The molecule has 1 aromatic rings. The Morgan fingerprint density at radius 2 is 2.04 bits per heavy atom. The number of halogens is 1. The minimum Gasteiger partial charge on any atom is -0.365 e. The van der Waals surface area contributed by atoms with Gasteiger partial charge < -0.3 is 11.1 Å². The van der Waals surface area contributed by atoms with Crippen molar-refractivity contribution in [3.63, 3.8) is 0 Å². The Balaban J connectivity index is 1.83. The largest absolute Gasteiger partial charge is 0.365 e. The Morgan fingerprint density at radius 1 is 1.31 bits per heavy atom. The lowest BCUT2D eigenvalue weighted by Gasteiger charge is -2.31. The van der Waals surface area contributed by atoms with Crippen LogP contribution in [0.4, 0.5) is 9.80 Å². The van der Waals surface area contributed by atoms with Crippen LogP contribution in [0, 0.1) is 0 Å². The Hall–Kier alpha value is -1.83. The van der Waals surface area contributed by atoms with Crippen LogP contribution >= 0.6 is 22.9 Å². The van der Waals surface area contributed by atoms with E-state index in [1.165, 1.54) is 11.3 Å². The first-order valence-corrected chi connectivity index (χ1v) is 9.73. The lowest BCUT2D eigenvalue weighted by Crippen LogP contribution is -2.34. The fourth-order valence-electron chi connectivity index (χ4n) is 3.74. The summed E-state index contributed by atoms with van der Waals surface area (Å²) in [5.74, 6) is -0.496. The van der Waals surface area contributed by atoms with E-state index < -0.39 is 11.9 Å². The molecule has 0 aliphatic carbocycles. The number of amides is 3. The second-order valence-electron chi connectivity index (χ2n) is 6.81. The van der Waals surface area contributed by atoms with E-state index in [-0.39, 0.29) is 6.04 Å². The average Bonchev–Trinajstić information content (AvgIpc) is 3.01. The summed E-state index contributed by atoms with van der Waals surface area (Å²) in [6, 6.07) is 0.308. The molecule has 0 radical (unpaired) electrons. The van der Waals surface area contributed by atoms with Crippen molar-refractivity contribution >= 4 is 39.9 Å². The molecule has 3 rings (SSSR count). The van der Waals surface area contributed by atoms with E-state index in [9.17, 15) is 9.59 Å². The van der Waals surface area contributed by atoms with Gasteiger partial charge in [0.25, 0.3) is 5.91 Å². The molecule has 2 bridgehead atoms. The first-order valence-electron chi connectivity index (χ1n) is 8.54. The van der Waals surface area contributed by atoms with Crippen molar-refractivity contribution in [3.8, 4) is 0 Å². The lowest BCUT2D eigenvalue weighted by molar-refractivity contribution is 0.0997. The number of hydrogen-bond acceptors (Lipinski definition) is 4. The monoisotopic (exact) mass is 394 g/mol. The molecule has 4 N–H and O–H groups in total. The van der Waals surface area contributed by atoms with Crippen LogP contribution in [0.2, 0.25) is 0 Å². The van der Waals surface area contributed by atoms with Crippen molar-refractivity contribution in [1.82, 2.24) is 10.2 Å². The second-order valence-corrected chi connectivity index (χ2v) is 8.51. The molecule has 3 amide bonds. The summed E-state index contributed by atoms with van der Waals surface area (Å²) >= 11 is 7.24. The van der Waals surface area contributed by atoms with Gasteiger partial charge in [0.05, 0.1) is 5.56 Å². The van der Waals surface area contributed by atoms with Gasteiger partial charge in [-0.25, -0.2) is 4.79 Å². The molecule has 0 spiro atoms. The Kier molecular flexibility index (Phi) is 5.41. The first-order chi connectivity index (χ1) is 12.3. The molecule has 6 nitrogen and oxygen atoms in total.